The zero-order chi connectivity index (χ0) is 24.8. The van der Waals surface area contributed by atoms with E-state index in [2.05, 4.69) is 5.32 Å². The topological polar surface area (TPSA) is 151 Å². The molecule has 2 rings (SSSR count). The van der Waals surface area contributed by atoms with Gasteiger partial charge in [-0.2, -0.15) is 16.8 Å². The first-order valence-electron chi connectivity index (χ1n) is 9.73. The van der Waals surface area contributed by atoms with Crippen LogP contribution >= 0.6 is 11.8 Å². The van der Waals surface area contributed by atoms with Crippen LogP contribution in [0.25, 0.3) is 0 Å². The van der Waals surface area contributed by atoms with E-state index < -0.39 is 56.8 Å². The molecule has 1 saturated heterocycles. The third-order valence-electron chi connectivity index (χ3n) is 4.30. The normalized spacial score (nSPS) is 26.0. The number of hydrogen-bond acceptors (Lipinski definition) is 11. The summed E-state index contributed by atoms with van der Waals surface area (Å²) in [5.74, 6) is -0.634. The van der Waals surface area contributed by atoms with Crippen molar-refractivity contribution in [1.82, 2.24) is 5.32 Å². The fourth-order valence-corrected chi connectivity index (χ4v) is 5.09. The molecule has 0 radical (unpaired) electrons. The van der Waals surface area contributed by atoms with Gasteiger partial charge in [-0.05, 0) is 5.56 Å². The Kier molecular flexibility index (Phi) is 9.84. The van der Waals surface area contributed by atoms with Gasteiger partial charge < -0.3 is 14.8 Å². The lowest BCUT2D eigenvalue weighted by Gasteiger charge is -2.45. The highest BCUT2D eigenvalue weighted by Gasteiger charge is 2.51. The highest BCUT2D eigenvalue weighted by atomic mass is 32.2. The average molecular weight is 526 g/mol. The van der Waals surface area contributed by atoms with Crippen molar-refractivity contribution < 1.29 is 44.3 Å². The molecule has 1 N–H and O–H groups in total. The molecule has 1 heterocycles. The number of amides is 1. The summed E-state index contributed by atoms with van der Waals surface area (Å²) in [6.07, 6.45) is -3.81. The smallest absolute Gasteiger partial charge is 0.264 e. The molecule has 0 spiro atoms. The van der Waals surface area contributed by atoms with Crippen molar-refractivity contribution >= 4 is 43.0 Å². The first-order valence-corrected chi connectivity index (χ1v) is 14.3. The van der Waals surface area contributed by atoms with Crippen molar-refractivity contribution in [3.63, 3.8) is 0 Å². The lowest BCUT2D eigenvalue weighted by molar-refractivity contribution is -0.253. The van der Waals surface area contributed by atoms with E-state index in [0.717, 1.165) is 29.8 Å². The minimum atomic E-state index is -4.14. The summed E-state index contributed by atoms with van der Waals surface area (Å²) in [6, 6.07) is 7.75. The highest BCUT2D eigenvalue weighted by Crippen LogP contribution is 2.31. The van der Waals surface area contributed by atoms with Gasteiger partial charge >= 0.3 is 0 Å². The molecule has 0 unspecified atom stereocenters. The van der Waals surface area contributed by atoms with Crippen LogP contribution in [0.4, 0.5) is 0 Å². The van der Waals surface area contributed by atoms with Crippen molar-refractivity contribution in [3.05, 3.63) is 35.9 Å². The summed E-state index contributed by atoms with van der Waals surface area (Å²) in [5, 5.41) is 2.24. The van der Waals surface area contributed by atoms with E-state index in [4.69, 9.17) is 17.8 Å². The Labute approximate surface area is 197 Å². The van der Waals surface area contributed by atoms with Crippen LogP contribution in [-0.2, 0) is 54.3 Å². The molecule has 186 valence electrons. The van der Waals surface area contributed by atoms with E-state index >= 15 is 0 Å². The molecule has 0 bridgehead atoms. The summed E-state index contributed by atoms with van der Waals surface area (Å²) in [6.45, 7) is 2.54. The van der Waals surface area contributed by atoms with Gasteiger partial charge in [0.2, 0.25) is 5.91 Å². The SMILES string of the molecule is CC(=O)N[C@H]1[C@@H](OCc2ccccc2)O[C@H](CSC(C)=O)[C@@H](OS(C)(=O)=O)[C@@H]1OS(C)(=O)=O. The molecule has 33 heavy (non-hydrogen) atoms. The minimum absolute atomic E-state index is 0.0390. The molecular weight excluding hydrogens is 498 g/mol. The van der Waals surface area contributed by atoms with Crippen molar-refractivity contribution in [2.24, 2.45) is 0 Å². The van der Waals surface area contributed by atoms with Gasteiger partial charge in [-0.1, -0.05) is 42.1 Å². The number of rotatable bonds is 10. The molecular formula is C19H27NO10S3. The fourth-order valence-electron chi connectivity index (χ4n) is 3.15. The van der Waals surface area contributed by atoms with Gasteiger partial charge in [-0.15, -0.1) is 0 Å². The number of benzene rings is 1. The number of carbonyl (C=O) groups excluding carboxylic acids is 2. The van der Waals surface area contributed by atoms with Crippen molar-refractivity contribution in [2.45, 2.75) is 51.1 Å². The van der Waals surface area contributed by atoms with E-state index in [9.17, 15) is 26.4 Å². The third-order valence-corrected chi connectivity index (χ3v) is 6.34. The van der Waals surface area contributed by atoms with Crippen molar-refractivity contribution in [2.75, 3.05) is 18.3 Å². The zero-order valence-corrected chi connectivity index (χ0v) is 20.9. The van der Waals surface area contributed by atoms with E-state index in [1.54, 1.807) is 24.3 Å². The van der Waals surface area contributed by atoms with Crippen LogP contribution in [0, 0.1) is 0 Å². The Hall–Kier alpha value is -1.55. The van der Waals surface area contributed by atoms with Crippen LogP contribution in [0.15, 0.2) is 30.3 Å². The number of thioether (sulfide) groups is 1. The maximum absolute atomic E-state index is 12.0. The predicted octanol–water partition coefficient (Wildman–Crippen LogP) is 0.402. The van der Waals surface area contributed by atoms with Crippen molar-refractivity contribution in [3.8, 4) is 0 Å². The maximum atomic E-state index is 12.0. The van der Waals surface area contributed by atoms with Crippen LogP contribution in [-0.4, -0.2) is 76.8 Å². The summed E-state index contributed by atoms with van der Waals surface area (Å²) >= 11 is 0.833. The summed E-state index contributed by atoms with van der Waals surface area (Å²) in [4.78, 5) is 23.4. The largest absolute Gasteiger partial charge is 0.346 e. The second kappa shape index (κ2) is 11.7. The van der Waals surface area contributed by atoms with Gasteiger partial charge in [0.1, 0.15) is 24.4 Å². The average Bonchev–Trinajstić information content (AvgIpc) is 2.67. The third kappa shape index (κ3) is 9.68. The Balaban J connectivity index is 2.46. The van der Waals surface area contributed by atoms with Crippen LogP contribution in [0.2, 0.25) is 0 Å². The number of ether oxygens (including phenoxy) is 2. The molecule has 0 aliphatic carbocycles. The van der Waals surface area contributed by atoms with Crippen LogP contribution < -0.4 is 5.32 Å². The number of hydrogen-bond donors (Lipinski definition) is 1. The minimum Gasteiger partial charge on any atom is -0.346 e. The molecule has 11 nitrogen and oxygen atoms in total. The quantitative estimate of drug-likeness (QED) is 0.423. The van der Waals surface area contributed by atoms with Gasteiger partial charge in [0, 0.05) is 19.6 Å². The molecule has 5 atom stereocenters. The second-order valence-electron chi connectivity index (χ2n) is 7.40. The Morgan fingerprint density at radius 1 is 1.00 bits per heavy atom. The molecule has 0 saturated carbocycles. The van der Waals surface area contributed by atoms with Crippen LogP contribution in [0.1, 0.15) is 19.4 Å². The van der Waals surface area contributed by atoms with E-state index in [1.165, 1.54) is 13.8 Å². The maximum Gasteiger partial charge on any atom is 0.264 e. The van der Waals surface area contributed by atoms with Gasteiger partial charge in [-0.25, -0.2) is 0 Å². The molecule has 1 amide bonds. The Bertz CT molecular complexity index is 1030. The molecule has 1 aromatic rings. The van der Waals surface area contributed by atoms with Gasteiger partial charge in [0.05, 0.1) is 19.1 Å². The number of nitrogens with one attached hydrogen (secondary N) is 1. The molecule has 1 aliphatic rings. The fraction of sp³-hybridized carbons (Fsp3) is 0.579. The van der Waals surface area contributed by atoms with E-state index in [-0.39, 0.29) is 17.5 Å². The van der Waals surface area contributed by atoms with Crippen molar-refractivity contribution in [1.29, 1.82) is 0 Å². The summed E-state index contributed by atoms with van der Waals surface area (Å²) < 4.78 is 70.0. The first-order chi connectivity index (χ1) is 15.2. The molecule has 1 aliphatic heterocycles. The molecule has 1 fully saturated rings. The van der Waals surface area contributed by atoms with E-state index in [1.807, 2.05) is 6.07 Å². The Morgan fingerprint density at radius 3 is 2.09 bits per heavy atom. The standard InChI is InChI=1S/C19H27NO10S3/c1-12(21)20-16-18(30-33(4,25)26)17(29-32(3,23)24)15(11-31-13(2)22)28-19(16)27-10-14-8-6-5-7-9-14/h5-9,15-19H,10-11H2,1-4H3,(H,20,21)/t15-,16-,17-,18-,19+/m1/s1. The molecule has 14 heteroatoms. The van der Waals surface area contributed by atoms with Gasteiger partial charge in [0.15, 0.2) is 11.4 Å². The van der Waals surface area contributed by atoms with Gasteiger partial charge in [-0.3, -0.25) is 18.0 Å². The number of carbonyl (C=O) groups is 2. The summed E-state index contributed by atoms with van der Waals surface area (Å²) in [7, 11) is -8.25. The lowest BCUT2D eigenvalue weighted by Crippen LogP contribution is -2.66. The van der Waals surface area contributed by atoms with Gasteiger partial charge in [0.25, 0.3) is 20.2 Å². The monoisotopic (exact) mass is 525 g/mol. The predicted molar refractivity (Wildman–Crippen MR) is 120 cm³/mol. The lowest BCUT2D eigenvalue weighted by atomic mass is 9.97. The molecule has 0 aromatic heterocycles. The molecule has 1 aromatic carbocycles. The second-order valence-corrected chi connectivity index (χ2v) is 11.8. The van der Waals surface area contributed by atoms with Crippen LogP contribution in [0.5, 0.6) is 0 Å². The van der Waals surface area contributed by atoms with E-state index in [0.29, 0.717) is 0 Å². The van der Waals surface area contributed by atoms with Crippen LogP contribution in [0.3, 0.4) is 0 Å². The summed E-state index contributed by atoms with van der Waals surface area (Å²) in [5.41, 5.74) is 0.771. The zero-order valence-electron chi connectivity index (χ0n) is 18.5. The highest BCUT2D eigenvalue weighted by molar-refractivity contribution is 8.13. The first kappa shape index (κ1) is 27.7. The Morgan fingerprint density at radius 2 is 1.58 bits per heavy atom.